The van der Waals surface area contributed by atoms with Crippen molar-refractivity contribution in [2.75, 3.05) is 0 Å². The van der Waals surface area contributed by atoms with Crippen LogP contribution < -0.4 is 0 Å². The second-order valence-corrected chi connectivity index (χ2v) is 12.7. The van der Waals surface area contributed by atoms with Crippen LogP contribution in [0.15, 0.2) is 194 Å². The zero-order chi connectivity index (χ0) is 42.1. The minimum atomic E-state index is -0.512. The molecule has 0 spiro atoms. The third kappa shape index (κ3) is 5.54. The summed E-state index contributed by atoms with van der Waals surface area (Å²) in [6.07, 6.45) is 0. The SMILES string of the molecule is [2H]c1c([2H])c([2H])c2c(c1[2H])c1c([2H])c([2H])c([2H])c([2H])c1n2-c1cc(-c2ccc3ccccc3c2)ccc1-c1nc(-c2ccccc2)nc(-c2ccc(-c3ccccc3)cc2)n1. The summed E-state index contributed by atoms with van der Waals surface area (Å²) in [4.78, 5) is 15.1. The monoisotopic (exact) mass is 684 g/mol. The van der Waals surface area contributed by atoms with Crippen LogP contribution in [-0.2, 0) is 0 Å². The number of para-hydroxylation sites is 2. The summed E-state index contributed by atoms with van der Waals surface area (Å²) in [5.41, 5.74) is 5.94. The van der Waals surface area contributed by atoms with Gasteiger partial charge in [0.2, 0.25) is 0 Å². The second kappa shape index (κ2) is 12.9. The average Bonchev–Trinajstić information content (AvgIpc) is 3.68. The maximum atomic E-state index is 9.28. The van der Waals surface area contributed by atoms with Crippen LogP contribution in [-0.4, -0.2) is 19.5 Å². The highest BCUT2D eigenvalue weighted by atomic mass is 15.1. The first-order chi connectivity index (χ1) is 29.6. The molecule has 0 fully saturated rings. The van der Waals surface area contributed by atoms with Crippen molar-refractivity contribution < 1.29 is 11.0 Å². The van der Waals surface area contributed by atoms with Crippen molar-refractivity contribution in [3.05, 3.63) is 194 Å². The Morgan fingerprint density at radius 2 is 0.849 bits per heavy atom. The van der Waals surface area contributed by atoms with Crippen LogP contribution in [0.25, 0.3) is 94.7 Å². The minimum absolute atomic E-state index is 0.000949. The van der Waals surface area contributed by atoms with E-state index in [0.29, 0.717) is 22.9 Å². The van der Waals surface area contributed by atoms with Gasteiger partial charge in [0.25, 0.3) is 0 Å². The molecule has 0 saturated carbocycles. The van der Waals surface area contributed by atoms with Crippen molar-refractivity contribution in [3.8, 4) is 62.1 Å². The maximum Gasteiger partial charge on any atom is 0.166 e. The summed E-state index contributed by atoms with van der Waals surface area (Å²) in [5.74, 6) is 1.02. The first kappa shape index (κ1) is 23.3. The molecule has 0 bridgehead atoms. The highest BCUT2D eigenvalue weighted by Crippen LogP contribution is 2.38. The van der Waals surface area contributed by atoms with E-state index in [1.807, 2.05) is 140 Å². The lowest BCUT2D eigenvalue weighted by Gasteiger charge is -2.16. The average molecular weight is 685 g/mol. The molecule has 0 saturated heterocycles. The van der Waals surface area contributed by atoms with Crippen molar-refractivity contribution in [3.63, 3.8) is 0 Å². The van der Waals surface area contributed by atoms with E-state index >= 15 is 0 Å². The Morgan fingerprint density at radius 1 is 0.377 bits per heavy atom. The summed E-state index contributed by atoms with van der Waals surface area (Å²) >= 11 is 0. The second-order valence-electron chi connectivity index (χ2n) is 12.7. The van der Waals surface area contributed by atoms with E-state index in [0.717, 1.165) is 44.2 Å². The van der Waals surface area contributed by atoms with Crippen LogP contribution in [0.5, 0.6) is 0 Å². The summed E-state index contributed by atoms with van der Waals surface area (Å²) in [5, 5.41) is 2.03. The van der Waals surface area contributed by atoms with Gasteiger partial charge >= 0.3 is 0 Å². The van der Waals surface area contributed by atoms with Gasteiger partial charge in [-0.05, 0) is 63.3 Å². The first-order valence-corrected chi connectivity index (χ1v) is 17.2. The van der Waals surface area contributed by atoms with E-state index in [4.69, 9.17) is 23.2 Å². The molecule has 0 aliphatic carbocycles. The molecular weight excluding hydrogens is 645 g/mol. The van der Waals surface area contributed by atoms with Gasteiger partial charge in [-0.2, -0.15) is 0 Å². The van der Waals surface area contributed by atoms with Gasteiger partial charge in [0.05, 0.1) is 27.7 Å². The van der Waals surface area contributed by atoms with Crippen molar-refractivity contribution in [1.29, 1.82) is 0 Å². The zero-order valence-corrected chi connectivity index (χ0v) is 28.1. The predicted molar refractivity (Wildman–Crippen MR) is 219 cm³/mol. The standard InChI is InChI=1S/C49H32N4/c1-3-13-33(14-4-1)35-23-26-37(27-24-35)48-50-47(36-16-5-2-6-17-36)51-49(52-48)43-30-29-40(39-28-25-34-15-7-8-18-38(34)31-39)32-46(43)53-44-21-11-9-19-41(44)42-20-10-12-22-45(42)53/h1-32H/i9D,10D,11D,12D,19D,20D,21D,22D. The van der Waals surface area contributed by atoms with E-state index in [-0.39, 0.29) is 27.6 Å². The summed E-state index contributed by atoms with van der Waals surface area (Å²) in [6, 6.07) is 43.6. The number of hydrogen-bond donors (Lipinski definition) is 0. The Hall–Kier alpha value is -7.17. The maximum absolute atomic E-state index is 9.28. The van der Waals surface area contributed by atoms with Crippen molar-refractivity contribution in [2.24, 2.45) is 0 Å². The highest BCUT2D eigenvalue weighted by Gasteiger charge is 2.20. The molecule has 10 rings (SSSR count). The molecule has 2 heterocycles. The number of fused-ring (bicyclic) bond motifs is 4. The molecule has 53 heavy (non-hydrogen) atoms. The van der Waals surface area contributed by atoms with E-state index in [1.165, 1.54) is 4.57 Å². The number of benzene rings is 8. The minimum Gasteiger partial charge on any atom is -0.308 e. The van der Waals surface area contributed by atoms with E-state index in [1.54, 1.807) is 0 Å². The molecule has 2 aromatic heterocycles. The van der Waals surface area contributed by atoms with Crippen molar-refractivity contribution in [2.45, 2.75) is 0 Å². The van der Waals surface area contributed by atoms with Crippen LogP contribution in [0.4, 0.5) is 0 Å². The van der Waals surface area contributed by atoms with Gasteiger partial charge in [0, 0.05) is 27.5 Å². The lowest BCUT2D eigenvalue weighted by Crippen LogP contribution is -2.04. The first-order valence-electron chi connectivity index (χ1n) is 21.2. The zero-order valence-electron chi connectivity index (χ0n) is 36.1. The van der Waals surface area contributed by atoms with Crippen LogP contribution in [0.2, 0.25) is 0 Å². The Labute approximate surface area is 318 Å². The lowest BCUT2D eigenvalue weighted by atomic mass is 9.98. The Morgan fingerprint density at radius 3 is 1.53 bits per heavy atom. The molecule has 0 N–H and O–H groups in total. The van der Waals surface area contributed by atoms with Crippen molar-refractivity contribution >= 4 is 32.6 Å². The third-order valence-electron chi connectivity index (χ3n) is 9.51. The number of hydrogen-bond acceptors (Lipinski definition) is 3. The summed E-state index contributed by atoms with van der Waals surface area (Å²) < 4.78 is 73.0. The van der Waals surface area contributed by atoms with Crippen molar-refractivity contribution in [1.82, 2.24) is 19.5 Å². The van der Waals surface area contributed by atoms with Crippen LogP contribution in [0.1, 0.15) is 11.0 Å². The van der Waals surface area contributed by atoms with Gasteiger partial charge in [-0.1, -0.05) is 164 Å². The fourth-order valence-electron chi connectivity index (χ4n) is 6.90. The molecule has 4 heteroatoms. The Bertz CT molecular complexity index is 3310. The van der Waals surface area contributed by atoms with Gasteiger partial charge in [-0.3, -0.25) is 0 Å². The van der Waals surface area contributed by atoms with Gasteiger partial charge < -0.3 is 4.57 Å². The van der Waals surface area contributed by atoms with E-state index in [9.17, 15) is 2.74 Å². The third-order valence-corrected chi connectivity index (χ3v) is 9.51. The summed E-state index contributed by atoms with van der Waals surface area (Å²) in [6.45, 7) is 0. The molecule has 0 atom stereocenters. The molecule has 248 valence electrons. The smallest absolute Gasteiger partial charge is 0.166 e. The Kier molecular flexibility index (Phi) is 5.66. The molecular formula is C49H32N4. The molecule has 4 nitrogen and oxygen atoms in total. The molecule has 10 aromatic rings. The molecule has 8 aromatic carbocycles. The highest BCUT2D eigenvalue weighted by molar-refractivity contribution is 6.09. The molecule has 0 unspecified atom stereocenters. The summed E-state index contributed by atoms with van der Waals surface area (Å²) in [7, 11) is 0. The van der Waals surface area contributed by atoms with Crippen LogP contribution in [0.3, 0.4) is 0 Å². The number of aromatic nitrogens is 4. The normalized spacial score (nSPS) is 13.5. The van der Waals surface area contributed by atoms with E-state index < -0.39 is 48.3 Å². The number of nitrogens with zero attached hydrogens (tertiary/aromatic N) is 4. The Balaban J connectivity index is 1.31. The number of rotatable bonds is 6. The predicted octanol–water partition coefficient (Wildman–Crippen LogP) is 12.5. The van der Waals surface area contributed by atoms with Gasteiger partial charge in [-0.25, -0.2) is 15.0 Å². The van der Waals surface area contributed by atoms with Gasteiger partial charge in [-0.15, -0.1) is 0 Å². The van der Waals surface area contributed by atoms with Gasteiger partial charge in [0.15, 0.2) is 17.5 Å². The largest absolute Gasteiger partial charge is 0.308 e. The fraction of sp³-hybridized carbons (Fsp3) is 0. The molecule has 0 radical (unpaired) electrons. The fourth-order valence-corrected chi connectivity index (χ4v) is 6.90. The lowest BCUT2D eigenvalue weighted by molar-refractivity contribution is 1.06. The molecule has 0 aliphatic rings. The van der Waals surface area contributed by atoms with Crippen LogP contribution >= 0.6 is 0 Å². The quantitative estimate of drug-likeness (QED) is 0.175. The van der Waals surface area contributed by atoms with Gasteiger partial charge in [0.1, 0.15) is 0 Å². The van der Waals surface area contributed by atoms with E-state index in [2.05, 4.69) is 6.07 Å². The van der Waals surface area contributed by atoms with Crippen LogP contribution in [0, 0.1) is 0 Å². The molecule has 0 aliphatic heterocycles. The topological polar surface area (TPSA) is 43.6 Å². The molecule has 0 amide bonds.